The molecule has 0 aliphatic heterocycles. The van der Waals surface area contributed by atoms with Crippen LogP contribution in [0.25, 0.3) is 0 Å². The molecule has 0 aliphatic carbocycles. The van der Waals surface area contributed by atoms with Crippen LogP contribution < -0.4 is 16.0 Å². The van der Waals surface area contributed by atoms with Crippen molar-refractivity contribution in [3.63, 3.8) is 0 Å². The number of hydrogen-bond acceptors (Lipinski definition) is 4. The Morgan fingerprint density at radius 2 is 1.79 bits per heavy atom. The number of carbonyl (C=O) groups excluding carboxylic acids is 1. The molecule has 3 N–H and O–H groups in total. The average Bonchev–Trinajstić information content (AvgIpc) is 2.61. The molecule has 28 heavy (non-hydrogen) atoms. The van der Waals surface area contributed by atoms with E-state index in [2.05, 4.69) is 5.32 Å². The van der Waals surface area contributed by atoms with Crippen molar-refractivity contribution in [2.45, 2.75) is 19.3 Å². The van der Waals surface area contributed by atoms with E-state index in [0.717, 1.165) is 11.6 Å². The first-order valence-corrected chi connectivity index (χ1v) is 8.23. The molecule has 1 amide bonds. The normalized spacial score (nSPS) is 12.0. The Balaban J connectivity index is 2.08. The van der Waals surface area contributed by atoms with E-state index in [1.807, 2.05) is 10.6 Å². The van der Waals surface area contributed by atoms with Gasteiger partial charge in [-0.2, -0.15) is 13.2 Å². The number of aryl methyl sites for hydroxylation is 1. The molecule has 1 unspecified atom stereocenters. The number of amides is 1. The van der Waals surface area contributed by atoms with Gasteiger partial charge in [-0.05, 0) is 37.3 Å². The van der Waals surface area contributed by atoms with Gasteiger partial charge in [0, 0.05) is 23.4 Å². The minimum Gasteiger partial charge on any atom is -0.335 e. The summed E-state index contributed by atoms with van der Waals surface area (Å²) in [6.07, 6.45) is -7.30. The highest BCUT2D eigenvalue weighted by Gasteiger charge is 2.41. The lowest BCUT2D eigenvalue weighted by Crippen LogP contribution is -2.57. The van der Waals surface area contributed by atoms with E-state index in [-0.39, 0.29) is 16.9 Å². The number of rotatable bonds is 5. The molecule has 11 heteroatoms. The van der Waals surface area contributed by atoms with Crippen molar-refractivity contribution < 1.29 is 22.9 Å². The van der Waals surface area contributed by atoms with Gasteiger partial charge < -0.3 is 16.0 Å². The van der Waals surface area contributed by atoms with Crippen molar-refractivity contribution >= 4 is 34.6 Å². The molecule has 0 radical (unpaired) electrons. The number of nitro groups is 1. The number of non-ortho nitro benzene ring substituents is 1. The molecular formula is C17H15F3N4O3S. The Morgan fingerprint density at radius 1 is 1.14 bits per heavy atom. The number of anilines is 1. The number of benzene rings is 2. The lowest BCUT2D eigenvalue weighted by atomic mass is 10.1. The predicted octanol–water partition coefficient (Wildman–Crippen LogP) is 3.51. The summed E-state index contributed by atoms with van der Waals surface area (Å²) in [5.74, 6) is -0.937. The number of nitro benzene ring substituents is 1. The van der Waals surface area contributed by atoms with Crippen LogP contribution in [0, 0.1) is 17.0 Å². The van der Waals surface area contributed by atoms with Crippen LogP contribution in [0.4, 0.5) is 24.5 Å². The molecule has 0 saturated heterocycles. The second-order valence-corrected chi connectivity index (χ2v) is 6.13. The number of alkyl halides is 3. The number of nitrogens with one attached hydrogen (secondary N) is 3. The summed E-state index contributed by atoms with van der Waals surface area (Å²) >= 11 is 4.83. The van der Waals surface area contributed by atoms with Crippen molar-refractivity contribution in [2.75, 3.05) is 5.32 Å². The lowest BCUT2D eigenvalue weighted by molar-refractivity contribution is -0.384. The molecule has 2 aromatic rings. The Bertz CT molecular complexity index is 888. The second kappa shape index (κ2) is 8.65. The maximum atomic E-state index is 13.3. The Labute approximate surface area is 163 Å². The lowest BCUT2D eigenvalue weighted by Gasteiger charge is -2.24. The Kier molecular flexibility index (Phi) is 6.52. The topological polar surface area (TPSA) is 96.3 Å². The van der Waals surface area contributed by atoms with Crippen molar-refractivity contribution in [1.82, 2.24) is 10.6 Å². The van der Waals surface area contributed by atoms with E-state index < -0.39 is 28.3 Å². The smallest absolute Gasteiger partial charge is 0.335 e. The van der Waals surface area contributed by atoms with Gasteiger partial charge in [0.1, 0.15) is 0 Å². The van der Waals surface area contributed by atoms with Gasteiger partial charge in [0.25, 0.3) is 11.6 Å². The highest BCUT2D eigenvalue weighted by molar-refractivity contribution is 7.80. The van der Waals surface area contributed by atoms with Crippen LogP contribution in [0.3, 0.4) is 0 Å². The molecule has 0 aliphatic rings. The summed E-state index contributed by atoms with van der Waals surface area (Å²) in [6.45, 7) is 1.78. The minimum absolute atomic E-state index is 0.0548. The van der Waals surface area contributed by atoms with Crippen LogP contribution in [0.5, 0.6) is 0 Å². The van der Waals surface area contributed by atoms with E-state index in [9.17, 15) is 28.1 Å². The molecular weight excluding hydrogens is 397 g/mol. The van der Waals surface area contributed by atoms with Crippen LogP contribution in [-0.2, 0) is 0 Å². The molecule has 0 heterocycles. The molecule has 2 rings (SSSR count). The fourth-order valence-corrected chi connectivity index (χ4v) is 2.35. The van der Waals surface area contributed by atoms with E-state index in [4.69, 9.17) is 12.2 Å². The maximum absolute atomic E-state index is 13.3. The van der Waals surface area contributed by atoms with Crippen LogP contribution in [0.15, 0.2) is 48.5 Å². The monoisotopic (exact) mass is 412 g/mol. The van der Waals surface area contributed by atoms with Crippen LogP contribution in [0.2, 0.25) is 0 Å². The van der Waals surface area contributed by atoms with Gasteiger partial charge in [-0.1, -0.05) is 23.8 Å². The molecule has 0 saturated carbocycles. The van der Waals surface area contributed by atoms with Crippen molar-refractivity contribution in [2.24, 2.45) is 0 Å². The SMILES string of the molecule is Cc1ccc(C(=O)NC(NC(=S)Nc2cccc([N+](=O)[O-])c2)C(F)(F)F)cc1. The fourth-order valence-electron chi connectivity index (χ4n) is 2.11. The van der Waals surface area contributed by atoms with Gasteiger partial charge in [0.15, 0.2) is 11.3 Å². The van der Waals surface area contributed by atoms with Crippen molar-refractivity contribution in [1.29, 1.82) is 0 Å². The number of hydrogen-bond donors (Lipinski definition) is 3. The summed E-state index contributed by atoms with van der Waals surface area (Å²) in [6, 6.07) is 11.1. The molecule has 1 atom stereocenters. The molecule has 2 aromatic carbocycles. The van der Waals surface area contributed by atoms with Gasteiger partial charge >= 0.3 is 6.18 Å². The second-order valence-electron chi connectivity index (χ2n) is 5.72. The first kappa shape index (κ1) is 21.1. The zero-order valence-corrected chi connectivity index (χ0v) is 15.2. The summed E-state index contributed by atoms with van der Waals surface area (Å²) < 4.78 is 39.8. The molecule has 7 nitrogen and oxygen atoms in total. The predicted molar refractivity (Wildman–Crippen MR) is 101 cm³/mol. The van der Waals surface area contributed by atoms with Gasteiger partial charge in [-0.25, -0.2) is 0 Å². The Morgan fingerprint density at radius 3 is 2.36 bits per heavy atom. The molecule has 0 spiro atoms. The molecule has 0 aromatic heterocycles. The first-order valence-electron chi connectivity index (χ1n) is 7.82. The maximum Gasteiger partial charge on any atom is 0.427 e. The van der Waals surface area contributed by atoms with Gasteiger partial charge in [-0.15, -0.1) is 0 Å². The third-order valence-corrected chi connectivity index (χ3v) is 3.73. The largest absolute Gasteiger partial charge is 0.427 e. The fraction of sp³-hybridized carbons (Fsp3) is 0.176. The summed E-state index contributed by atoms with van der Waals surface area (Å²) in [5.41, 5.74) is 0.772. The van der Waals surface area contributed by atoms with E-state index in [1.54, 1.807) is 19.1 Å². The molecule has 0 bridgehead atoms. The highest BCUT2D eigenvalue weighted by Crippen LogP contribution is 2.20. The molecule has 0 fully saturated rings. The number of nitrogens with zero attached hydrogens (tertiary/aromatic N) is 1. The third kappa shape index (κ3) is 5.91. The third-order valence-electron chi connectivity index (χ3n) is 3.51. The van der Waals surface area contributed by atoms with Crippen LogP contribution >= 0.6 is 12.2 Å². The van der Waals surface area contributed by atoms with E-state index in [1.165, 1.54) is 30.3 Å². The standard InChI is InChI=1S/C17H15F3N4O3S/c1-10-5-7-11(8-6-10)14(25)22-15(17(18,19)20)23-16(28)21-12-3-2-4-13(9-12)24(26)27/h2-9,15H,1H3,(H,22,25)(H2,21,23,28). The highest BCUT2D eigenvalue weighted by atomic mass is 32.1. The van der Waals surface area contributed by atoms with E-state index >= 15 is 0 Å². The quantitative estimate of drug-likeness (QED) is 0.301. The van der Waals surface area contributed by atoms with Crippen molar-refractivity contribution in [3.05, 3.63) is 69.8 Å². The van der Waals surface area contributed by atoms with Crippen LogP contribution in [-0.4, -0.2) is 28.3 Å². The van der Waals surface area contributed by atoms with Gasteiger partial charge in [-0.3, -0.25) is 14.9 Å². The first-order chi connectivity index (χ1) is 13.1. The number of carbonyl (C=O) groups is 1. The van der Waals surface area contributed by atoms with Crippen molar-refractivity contribution in [3.8, 4) is 0 Å². The molecule has 148 valence electrons. The zero-order chi connectivity index (χ0) is 20.9. The Hall–Kier alpha value is -3.21. The summed E-state index contributed by atoms with van der Waals surface area (Å²) in [5, 5.41) is 16.5. The van der Waals surface area contributed by atoms with Gasteiger partial charge in [0.05, 0.1) is 4.92 Å². The summed E-state index contributed by atoms with van der Waals surface area (Å²) in [4.78, 5) is 22.2. The summed E-state index contributed by atoms with van der Waals surface area (Å²) in [7, 11) is 0. The average molecular weight is 412 g/mol. The van der Waals surface area contributed by atoms with E-state index in [0.29, 0.717) is 0 Å². The zero-order valence-electron chi connectivity index (χ0n) is 14.4. The van der Waals surface area contributed by atoms with Crippen LogP contribution in [0.1, 0.15) is 15.9 Å². The van der Waals surface area contributed by atoms with Gasteiger partial charge in [0.2, 0.25) is 0 Å². The number of thiocarbonyl (C=S) groups is 1. The minimum atomic E-state index is -4.84. The number of halogens is 3.